The molecule has 0 bridgehead atoms. The number of aromatic nitrogens is 3. The van der Waals surface area contributed by atoms with E-state index < -0.39 is 0 Å². The molecule has 3 N–H and O–H groups in total. The van der Waals surface area contributed by atoms with Crippen molar-refractivity contribution in [2.24, 2.45) is 5.73 Å². The van der Waals surface area contributed by atoms with Crippen LogP contribution in [0, 0.1) is 0 Å². The molecule has 0 aliphatic heterocycles. The van der Waals surface area contributed by atoms with Gasteiger partial charge in [0.1, 0.15) is 11.4 Å². The zero-order chi connectivity index (χ0) is 20.5. The van der Waals surface area contributed by atoms with Crippen molar-refractivity contribution in [3.05, 3.63) is 59.7 Å². The molecule has 0 unspecified atom stereocenters. The first-order valence-corrected chi connectivity index (χ1v) is 8.98. The molecule has 2 aromatic heterocycles. The highest BCUT2D eigenvalue weighted by molar-refractivity contribution is 6.02. The Morgan fingerprint density at radius 1 is 1.07 bits per heavy atom. The number of ketones is 1. The normalized spacial score (nSPS) is 11.0. The summed E-state index contributed by atoms with van der Waals surface area (Å²) in [4.78, 5) is 25.3. The van der Waals surface area contributed by atoms with Crippen molar-refractivity contribution in [2.45, 2.75) is 0 Å². The molecule has 4 rings (SSSR count). The third kappa shape index (κ3) is 3.41. The molecule has 0 atom stereocenters. The van der Waals surface area contributed by atoms with Crippen LogP contribution in [0.5, 0.6) is 0 Å². The maximum atomic E-state index is 12.0. The van der Waals surface area contributed by atoms with Gasteiger partial charge in [-0.1, -0.05) is 23.4 Å². The molecular weight excluding hydrogens is 370 g/mol. The first-order valence-electron chi connectivity index (χ1n) is 8.98. The lowest BCUT2D eigenvalue weighted by Crippen LogP contribution is -2.21. The minimum Gasteiger partial charge on any atom is -0.354 e. The Labute approximate surface area is 166 Å². The molecule has 0 spiro atoms. The number of fused-ring (bicyclic) bond motifs is 1. The number of Topliss-reactive ketones (excluding diaryl/α,β-unsaturated/α-hetero) is 1. The number of carbonyl (C=O) groups excluding carboxylic acids is 2. The second-order valence-corrected chi connectivity index (χ2v) is 6.81. The molecule has 0 aliphatic carbocycles. The van der Waals surface area contributed by atoms with Crippen molar-refractivity contribution in [1.82, 2.24) is 20.3 Å². The fourth-order valence-electron chi connectivity index (χ4n) is 3.06. The molecule has 4 aromatic rings. The molecule has 0 radical (unpaired) electrons. The van der Waals surface area contributed by atoms with Gasteiger partial charge in [0.05, 0.1) is 12.1 Å². The number of carbonyl (C=O) groups is 2. The summed E-state index contributed by atoms with van der Waals surface area (Å²) in [5.74, 6) is 0.298. The summed E-state index contributed by atoms with van der Waals surface area (Å²) in [5.41, 5.74) is 9.33. The van der Waals surface area contributed by atoms with Crippen LogP contribution in [0.2, 0.25) is 0 Å². The molecule has 0 saturated carbocycles. The molecule has 2 aromatic carbocycles. The molecule has 29 heavy (non-hydrogen) atoms. The van der Waals surface area contributed by atoms with Crippen LogP contribution >= 0.6 is 0 Å². The standard InChI is InChI=1S/C21H19N5O3/c1-26(2)21(28)13-5-3-12(4-6-13)16-10-19(29-25-16)20-15-8-7-14(18(27)11-22)9-17(15)23-24-20/h3-10H,11,22H2,1-2H3,(H,23,24). The van der Waals surface area contributed by atoms with Crippen molar-refractivity contribution in [3.63, 3.8) is 0 Å². The van der Waals surface area contributed by atoms with Gasteiger partial charge in [0.15, 0.2) is 11.5 Å². The predicted octanol–water partition coefficient (Wildman–Crippen LogP) is 2.73. The first kappa shape index (κ1) is 18.6. The van der Waals surface area contributed by atoms with Crippen LogP contribution in [0.15, 0.2) is 53.1 Å². The molecule has 2 heterocycles. The maximum absolute atomic E-state index is 12.0. The first-order chi connectivity index (χ1) is 14.0. The Morgan fingerprint density at radius 2 is 1.79 bits per heavy atom. The van der Waals surface area contributed by atoms with Crippen LogP contribution in [-0.4, -0.2) is 52.6 Å². The quantitative estimate of drug-likeness (QED) is 0.507. The molecule has 146 valence electrons. The second-order valence-electron chi connectivity index (χ2n) is 6.81. The second kappa shape index (κ2) is 7.33. The third-order valence-electron chi connectivity index (χ3n) is 4.65. The largest absolute Gasteiger partial charge is 0.354 e. The Hall–Kier alpha value is -3.78. The maximum Gasteiger partial charge on any atom is 0.253 e. The minimum atomic E-state index is -0.138. The molecule has 8 heteroatoms. The van der Waals surface area contributed by atoms with Crippen molar-refractivity contribution in [2.75, 3.05) is 20.6 Å². The lowest BCUT2D eigenvalue weighted by Gasteiger charge is -2.09. The molecule has 0 aliphatic rings. The summed E-state index contributed by atoms with van der Waals surface area (Å²) in [7, 11) is 3.42. The van der Waals surface area contributed by atoms with Gasteiger partial charge in [0, 0.05) is 42.2 Å². The van der Waals surface area contributed by atoms with E-state index in [4.69, 9.17) is 10.3 Å². The smallest absolute Gasteiger partial charge is 0.253 e. The lowest BCUT2D eigenvalue weighted by molar-refractivity contribution is 0.0827. The van der Waals surface area contributed by atoms with Crippen molar-refractivity contribution in [3.8, 4) is 22.7 Å². The van der Waals surface area contributed by atoms with Crippen LogP contribution in [-0.2, 0) is 0 Å². The van der Waals surface area contributed by atoms with Gasteiger partial charge in [-0.2, -0.15) is 5.10 Å². The van der Waals surface area contributed by atoms with Gasteiger partial charge in [-0.15, -0.1) is 0 Å². The number of benzene rings is 2. The van der Waals surface area contributed by atoms with E-state index in [1.165, 1.54) is 4.90 Å². The fourth-order valence-corrected chi connectivity index (χ4v) is 3.06. The van der Waals surface area contributed by atoms with E-state index in [1.54, 1.807) is 50.5 Å². The van der Waals surface area contributed by atoms with Gasteiger partial charge in [-0.25, -0.2) is 0 Å². The average Bonchev–Trinajstić information content (AvgIpc) is 3.39. The minimum absolute atomic E-state index is 0.0447. The SMILES string of the molecule is CN(C)C(=O)c1ccc(-c2cc(-c3n[nH]c4cc(C(=O)CN)ccc34)on2)cc1. The van der Waals surface area contributed by atoms with Gasteiger partial charge in [0.25, 0.3) is 5.91 Å². The highest BCUT2D eigenvalue weighted by Crippen LogP contribution is 2.30. The van der Waals surface area contributed by atoms with Gasteiger partial charge < -0.3 is 15.2 Å². The van der Waals surface area contributed by atoms with Crippen LogP contribution in [0.3, 0.4) is 0 Å². The summed E-state index contributed by atoms with van der Waals surface area (Å²) in [5, 5.41) is 12.2. The Bertz CT molecular complexity index is 1200. The van der Waals surface area contributed by atoms with Crippen molar-refractivity contribution < 1.29 is 14.1 Å². The van der Waals surface area contributed by atoms with Gasteiger partial charge in [-0.05, 0) is 24.3 Å². The lowest BCUT2D eigenvalue weighted by atomic mass is 10.1. The predicted molar refractivity (Wildman–Crippen MR) is 108 cm³/mol. The Kier molecular flexibility index (Phi) is 4.69. The Balaban J connectivity index is 1.64. The van der Waals surface area contributed by atoms with Crippen LogP contribution < -0.4 is 5.73 Å². The number of H-pyrrole nitrogens is 1. The van der Waals surface area contributed by atoms with E-state index in [1.807, 2.05) is 12.1 Å². The van der Waals surface area contributed by atoms with Crippen LogP contribution in [0.1, 0.15) is 20.7 Å². The van der Waals surface area contributed by atoms with Crippen LogP contribution in [0.4, 0.5) is 0 Å². The van der Waals surface area contributed by atoms with E-state index in [2.05, 4.69) is 15.4 Å². The van der Waals surface area contributed by atoms with E-state index in [0.29, 0.717) is 33.8 Å². The highest BCUT2D eigenvalue weighted by Gasteiger charge is 2.16. The number of rotatable bonds is 5. The summed E-state index contributed by atoms with van der Waals surface area (Å²) >= 11 is 0. The monoisotopic (exact) mass is 389 g/mol. The van der Waals surface area contributed by atoms with E-state index >= 15 is 0 Å². The number of aromatic amines is 1. The summed E-state index contributed by atoms with van der Waals surface area (Å²) < 4.78 is 5.49. The van der Waals surface area contributed by atoms with Gasteiger partial charge >= 0.3 is 0 Å². The third-order valence-corrected chi connectivity index (χ3v) is 4.65. The molecule has 8 nitrogen and oxygen atoms in total. The van der Waals surface area contributed by atoms with E-state index in [9.17, 15) is 9.59 Å². The number of hydrogen-bond donors (Lipinski definition) is 2. The van der Waals surface area contributed by atoms with Crippen molar-refractivity contribution >= 4 is 22.6 Å². The summed E-state index contributed by atoms with van der Waals surface area (Å²) in [6.45, 7) is -0.0447. The van der Waals surface area contributed by atoms with Crippen LogP contribution in [0.25, 0.3) is 33.6 Å². The van der Waals surface area contributed by atoms with Gasteiger partial charge in [0.2, 0.25) is 0 Å². The van der Waals surface area contributed by atoms with E-state index in [-0.39, 0.29) is 18.2 Å². The number of amides is 1. The zero-order valence-electron chi connectivity index (χ0n) is 16.0. The number of nitrogens with one attached hydrogen (secondary N) is 1. The van der Waals surface area contributed by atoms with Gasteiger partial charge in [-0.3, -0.25) is 14.7 Å². The highest BCUT2D eigenvalue weighted by atomic mass is 16.5. The summed E-state index contributed by atoms with van der Waals surface area (Å²) in [6, 6.07) is 14.2. The number of nitrogens with zero attached hydrogens (tertiary/aromatic N) is 3. The molecule has 0 fully saturated rings. The molecule has 0 saturated heterocycles. The summed E-state index contributed by atoms with van der Waals surface area (Å²) in [6.07, 6.45) is 0. The molecular formula is C21H19N5O3. The zero-order valence-corrected chi connectivity index (χ0v) is 16.0. The topological polar surface area (TPSA) is 118 Å². The van der Waals surface area contributed by atoms with E-state index in [0.717, 1.165) is 10.9 Å². The van der Waals surface area contributed by atoms with Crippen molar-refractivity contribution in [1.29, 1.82) is 0 Å². The number of hydrogen-bond acceptors (Lipinski definition) is 6. The molecule has 1 amide bonds. The average molecular weight is 389 g/mol. The Morgan fingerprint density at radius 3 is 2.48 bits per heavy atom. The fraction of sp³-hybridized carbons (Fsp3) is 0.143. The number of nitrogens with two attached hydrogens (primary N) is 1.